The number of anilines is 1. The van der Waals surface area contributed by atoms with Crippen LogP contribution in [0.5, 0.6) is 0 Å². The van der Waals surface area contributed by atoms with E-state index in [2.05, 4.69) is 67.6 Å². The van der Waals surface area contributed by atoms with E-state index >= 15 is 0 Å². The van der Waals surface area contributed by atoms with Gasteiger partial charge in [-0.2, -0.15) is 0 Å². The summed E-state index contributed by atoms with van der Waals surface area (Å²) in [5, 5.41) is 3.54. The van der Waals surface area contributed by atoms with Gasteiger partial charge >= 0.3 is 0 Å². The number of benzene rings is 2. The van der Waals surface area contributed by atoms with Gasteiger partial charge in [-0.25, -0.2) is 4.98 Å². The number of guanidine groups is 1. The minimum atomic E-state index is 0.591. The highest BCUT2D eigenvalue weighted by Gasteiger charge is 2.20. The van der Waals surface area contributed by atoms with Gasteiger partial charge in [0.1, 0.15) is 5.82 Å². The third kappa shape index (κ3) is 5.86. The molecular weight excluding hydrogens is 398 g/mol. The van der Waals surface area contributed by atoms with Crippen LogP contribution < -0.4 is 10.2 Å². The number of pyridine rings is 1. The summed E-state index contributed by atoms with van der Waals surface area (Å²) in [5.74, 6) is 1.98. The Morgan fingerprint density at radius 3 is 2.31 bits per heavy atom. The average molecular weight is 430 g/mol. The Hall–Kier alpha value is -3.38. The lowest BCUT2D eigenvalue weighted by molar-refractivity contribution is 0.106. The Kier molecular flexibility index (Phi) is 7.71. The molecule has 3 aromatic rings. The minimum absolute atomic E-state index is 0.591. The molecule has 1 saturated heterocycles. The standard InChI is InChI=1S/C26H31N5O/c1-27-26(31-17-15-30(16-18-31)25-13-7-8-14-28-25)29-19-23-11-5-6-12-24(23)21-32-20-22-9-3-2-4-10-22/h2-14H,15-21H2,1H3,(H,27,29). The van der Waals surface area contributed by atoms with Crippen LogP contribution in [0, 0.1) is 0 Å². The number of aromatic nitrogens is 1. The Labute approximate surface area is 190 Å². The molecule has 2 aromatic carbocycles. The molecule has 2 heterocycles. The van der Waals surface area contributed by atoms with Crippen LogP contribution >= 0.6 is 0 Å². The summed E-state index contributed by atoms with van der Waals surface area (Å²) in [6.07, 6.45) is 1.85. The summed E-state index contributed by atoms with van der Waals surface area (Å²) in [6.45, 7) is 5.62. The Morgan fingerprint density at radius 2 is 1.59 bits per heavy atom. The van der Waals surface area contributed by atoms with Crippen LogP contribution in [0.4, 0.5) is 5.82 Å². The molecule has 0 unspecified atom stereocenters. The molecule has 166 valence electrons. The van der Waals surface area contributed by atoms with Crippen LogP contribution in [0.25, 0.3) is 0 Å². The van der Waals surface area contributed by atoms with E-state index in [4.69, 9.17) is 4.74 Å². The maximum absolute atomic E-state index is 5.97. The lowest BCUT2D eigenvalue weighted by atomic mass is 10.1. The van der Waals surface area contributed by atoms with Gasteiger partial charge in [-0.05, 0) is 28.8 Å². The van der Waals surface area contributed by atoms with Gasteiger partial charge < -0.3 is 19.9 Å². The van der Waals surface area contributed by atoms with E-state index in [9.17, 15) is 0 Å². The first-order valence-electron chi connectivity index (χ1n) is 11.1. The second-order valence-corrected chi connectivity index (χ2v) is 7.81. The van der Waals surface area contributed by atoms with Crippen molar-refractivity contribution in [1.29, 1.82) is 0 Å². The van der Waals surface area contributed by atoms with Crippen molar-refractivity contribution >= 4 is 11.8 Å². The fourth-order valence-corrected chi connectivity index (χ4v) is 3.92. The number of ether oxygens (including phenoxy) is 1. The fraction of sp³-hybridized carbons (Fsp3) is 0.308. The van der Waals surface area contributed by atoms with E-state index < -0.39 is 0 Å². The average Bonchev–Trinajstić information content (AvgIpc) is 2.87. The van der Waals surface area contributed by atoms with Gasteiger partial charge in [0.05, 0.1) is 13.2 Å². The van der Waals surface area contributed by atoms with Gasteiger partial charge in [0.25, 0.3) is 0 Å². The van der Waals surface area contributed by atoms with Gasteiger partial charge in [0.15, 0.2) is 5.96 Å². The van der Waals surface area contributed by atoms with Gasteiger partial charge in [-0.15, -0.1) is 0 Å². The van der Waals surface area contributed by atoms with E-state index in [1.807, 2.05) is 43.6 Å². The summed E-state index contributed by atoms with van der Waals surface area (Å²) in [5.41, 5.74) is 3.62. The van der Waals surface area contributed by atoms with Gasteiger partial charge in [-0.1, -0.05) is 60.7 Å². The minimum Gasteiger partial charge on any atom is -0.372 e. The molecule has 0 saturated carbocycles. The quantitative estimate of drug-likeness (QED) is 0.459. The highest BCUT2D eigenvalue weighted by molar-refractivity contribution is 5.80. The number of hydrogen-bond acceptors (Lipinski definition) is 4. The summed E-state index contributed by atoms with van der Waals surface area (Å²) in [6, 6.07) is 24.8. The number of nitrogens with zero attached hydrogens (tertiary/aromatic N) is 4. The lowest BCUT2D eigenvalue weighted by Gasteiger charge is -2.37. The van der Waals surface area contributed by atoms with Crippen molar-refractivity contribution < 1.29 is 4.74 Å². The van der Waals surface area contributed by atoms with Crippen molar-refractivity contribution in [2.45, 2.75) is 19.8 Å². The molecule has 1 N–H and O–H groups in total. The molecule has 1 aliphatic rings. The zero-order chi connectivity index (χ0) is 22.0. The maximum atomic E-state index is 5.97. The predicted octanol–water partition coefficient (Wildman–Crippen LogP) is 3.70. The van der Waals surface area contributed by atoms with E-state index in [1.165, 1.54) is 16.7 Å². The SMILES string of the molecule is CN=C(NCc1ccccc1COCc1ccccc1)N1CCN(c2ccccn2)CC1. The predicted molar refractivity (Wildman–Crippen MR) is 130 cm³/mol. The molecule has 0 atom stereocenters. The summed E-state index contributed by atoms with van der Waals surface area (Å²) < 4.78 is 5.97. The van der Waals surface area contributed by atoms with Crippen LogP contribution in [-0.4, -0.2) is 49.1 Å². The van der Waals surface area contributed by atoms with E-state index in [1.54, 1.807) is 0 Å². The summed E-state index contributed by atoms with van der Waals surface area (Å²) >= 11 is 0. The smallest absolute Gasteiger partial charge is 0.194 e. The molecule has 0 bridgehead atoms. The third-order valence-electron chi connectivity index (χ3n) is 5.69. The Morgan fingerprint density at radius 1 is 0.875 bits per heavy atom. The van der Waals surface area contributed by atoms with Crippen molar-refractivity contribution in [2.24, 2.45) is 4.99 Å². The van der Waals surface area contributed by atoms with Gasteiger partial charge in [-0.3, -0.25) is 4.99 Å². The first-order valence-corrected chi connectivity index (χ1v) is 11.1. The van der Waals surface area contributed by atoms with Crippen molar-refractivity contribution in [1.82, 2.24) is 15.2 Å². The van der Waals surface area contributed by atoms with Crippen LogP contribution in [0.15, 0.2) is 84.0 Å². The molecule has 0 amide bonds. The molecule has 0 aliphatic carbocycles. The molecule has 6 heteroatoms. The van der Waals surface area contributed by atoms with Crippen molar-refractivity contribution in [3.05, 3.63) is 95.7 Å². The Balaban J connectivity index is 1.29. The second-order valence-electron chi connectivity index (χ2n) is 7.81. The third-order valence-corrected chi connectivity index (χ3v) is 5.69. The van der Waals surface area contributed by atoms with E-state index in [-0.39, 0.29) is 0 Å². The van der Waals surface area contributed by atoms with Crippen LogP contribution in [0.1, 0.15) is 16.7 Å². The maximum Gasteiger partial charge on any atom is 0.194 e. The summed E-state index contributed by atoms with van der Waals surface area (Å²) in [7, 11) is 1.85. The first kappa shape index (κ1) is 21.8. The molecular formula is C26H31N5O. The van der Waals surface area contributed by atoms with Gasteiger partial charge in [0, 0.05) is 46.0 Å². The first-order chi connectivity index (χ1) is 15.8. The number of rotatable bonds is 7. The van der Waals surface area contributed by atoms with Crippen LogP contribution in [0.2, 0.25) is 0 Å². The molecule has 6 nitrogen and oxygen atoms in total. The highest BCUT2D eigenvalue weighted by atomic mass is 16.5. The van der Waals surface area contributed by atoms with Gasteiger partial charge in [0.2, 0.25) is 0 Å². The topological polar surface area (TPSA) is 53.0 Å². The van der Waals surface area contributed by atoms with Crippen LogP contribution in [0.3, 0.4) is 0 Å². The number of hydrogen-bond donors (Lipinski definition) is 1. The van der Waals surface area contributed by atoms with E-state index in [0.717, 1.165) is 44.5 Å². The van der Waals surface area contributed by atoms with Crippen molar-refractivity contribution in [3.63, 3.8) is 0 Å². The molecule has 1 fully saturated rings. The highest BCUT2D eigenvalue weighted by Crippen LogP contribution is 2.14. The molecule has 1 aliphatic heterocycles. The second kappa shape index (κ2) is 11.3. The molecule has 32 heavy (non-hydrogen) atoms. The van der Waals surface area contributed by atoms with Crippen LogP contribution in [-0.2, 0) is 24.5 Å². The molecule has 1 aromatic heterocycles. The molecule has 4 rings (SSSR count). The number of nitrogens with one attached hydrogen (secondary N) is 1. The zero-order valence-corrected chi connectivity index (χ0v) is 18.7. The largest absolute Gasteiger partial charge is 0.372 e. The normalized spacial score (nSPS) is 14.5. The molecule has 0 spiro atoms. The number of piperazine rings is 1. The van der Waals surface area contributed by atoms with Crippen molar-refractivity contribution in [2.75, 3.05) is 38.1 Å². The van der Waals surface area contributed by atoms with Crippen molar-refractivity contribution in [3.8, 4) is 0 Å². The monoisotopic (exact) mass is 429 g/mol. The fourth-order valence-electron chi connectivity index (χ4n) is 3.92. The summed E-state index contributed by atoms with van der Waals surface area (Å²) in [4.78, 5) is 13.6. The Bertz CT molecular complexity index is 985. The van der Waals surface area contributed by atoms with E-state index in [0.29, 0.717) is 13.2 Å². The number of aliphatic imine (C=N–C) groups is 1. The lowest BCUT2D eigenvalue weighted by Crippen LogP contribution is -2.52. The molecule has 0 radical (unpaired) electrons. The zero-order valence-electron chi connectivity index (χ0n) is 18.7.